The van der Waals surface area contributed by atoms with Gasteiger partial charge in [0.1, 0.15) is 6.54 Å². The van der Waals surface area contributed by atoms with Gasteiger partial charge in [0.05, 0.1) is 13.2 Å². The van der Waals surface area contributed by atoms with Crippen molar-refractivity contribution in [1.29, 1.82) is 0 Å². The molecular weight excluding hydrogens is 356 g/mol. The molecule has 0 fully saturated rings. The lowest BCUT2D eigenvalue weighted by Crippen LogP contribution is -2.36. The van der Waals surface area contributed by atoms with Crippen molar-refractivity contribution in [3.8, 4) is 0 Å². The third-order valence-corrected chi connectivity index (χ3v) is 4.53. The Kier molecular flexibility index (Phi) is 20.8. The maximum atomic E-state index is 11.2. The molecule has 0 saturated carbocycles. The summed E-state index contributed by atoms with van der Waals surface area (Å²) in [6.07, 6.45) is 22.5. The van der Waals surface area contributed by atoms with Gasteiger partial charge in [-0.1, -0.05) is 76.9 Å². The lowest BCUT2D eigenvalue weighted by atomic mass is 10.1. The summed E-state index contributed by atoms with van der Waals surface area (Å²) in [6, 6.07) is 0. The van der Waals surface area contributed by atoms with E-state index in [1.165, 1.54) is 77.0 Å². The predicted octanol–water partition coefficient (Wildman–Crippen LogP) is 4.75. The van der Waals surface area contributed by atoms with Crippen LogP contribution in [0.2, 0.25) is 0 Å². The SMILES string of the molecule is CCCCCCCCC=CCCCCCCCCONCC(=O)NCC(=O)O. The average molecular weight is 399 g/mol. The fourth-order valence-corrected chi connectivity index (χ4v) is 2.85. The number of hydrogen-bond donors (Lipinski definition) is 3. The van der Waals surface area contributed by atoms with Crippen molar-refractivity contribution in [2.75, 3.05) is 19.7 Å². The van der Waals surface area contributed by atoms with Crippen LogP contribution in [0.25, 0.3) is 0 Å². The Morgan fingerprint density at radius 2 is 1.32 bits per heavy atom. The molecule has 0 atom stereocenters. The number of aliphatic carboxylic acids is 1. The maximum absolute atomic E-state index is 11.2. The number of unbranched alkanes of at least 4 members (excludes halogenated alkanes) is 12. The first-order chi connectivity index (χ1) is 13.7. The number of carboxylic acids is 1. The summed E-state index contributed by atoms with van der Waals surface area (Å²) in [6.45, 7) is 2.43. The Balaban J connectivity index is 3.16. The topological polar surface area (TPSA) is 87.7 Å². The van der Waals surface area contributed by atoms with E-state index < -0.39 is 5.97 Å². The van der Waals surface area contributed by atoms with Gasteiger partial charge >= 0.3 is 5.97 Å². The van der Waals surface area contributed by atoms with E-state index in [0.717, 1.165) is 12.8 Å². The van der Waals surface area contributed by atoms with Crippen molar-refractivity contribution < 1.29 is 19.5 Å². The molecule has 3 N–H and O–H groups in total. The van der Waals surface area contributed by atoms with Crippen molar-refractivity contribution in [3.63, 3.8) is 0 Å². The van der Waals surface area contributed by atoms with E-state index in [2.05, 4.69) is 29.9 Å². The third-order valence-electron chi connectivity index (χ3n) is 4.53. The number of allylic oxidation sites excluding steroid dienone is 2. The van der Waals surface area contributed by atoms with Gasteiger partial charge in [-0.25, -0.2) is 0 Å². The van der Waals surface area contributed by atoms with Gasteiger partial charge < -0.3 is 15.3 Å². The highest BCUT2D eigenvalue weighted by Crippen LogP contribution is 2.09. The zero-order chi connectivity index (χ0) is 20.7. The molecule has 0 aliphatic rings. The van der Waals surface area contributed by atoms with Gasteiger partial charge in [-0.05, 0) is 32.1 Å². The van der Waals surface area contributed by atoms with Crippen LogP contribution >= 0.6 is 0 Å². The minimum Gasteiger partial charge on any atom is -0.480 e. The normalized spacial score (nSPS) is 11.2. The summed E-state index contributed by atoms with van der Waals surface area (Å²) in [5.41, 5.74) is 2.55. The fraction of sp³-hybridized carbons (Fsp3) is 0.818. The second-order valence-corrected chi connectivity index (χ2v) is 7.28. The van der Waals surface area contributed by atoms with Crippen LogP contribution in [0.4, 0.5) is 0 Å². The molecule has 28 heavy (non-hydrogen) atoms. The van der Waals surface area contributed by atoms with Crippen molar-refractivity contribution in [3.05, 3.63) is 12.2 Å². The van der Waals surface area contributed by atoms with Crippen LogP contribution in [-0.4, -0.2) is 36.7 Å². The van der Waals surface area contributed by atoms with Gasteiger partial charge in [0.25, 0.3) is 0 Å². The summed E-state index contributed by atoms with van der Waals surface area (Å²) in [4.78, 5) is 26.7. The minimum absolute atomic E-state index is 0.0281. The van der Waals surface area contributed by atoms with Crippen molar-refractivity contribution >= 4 is 11.9 Å². The zero-order valence-electron chi connectivity index (χ0n) is 17.8. The lowest BCUT2D eigenvalue weighted by molar-refractivity contribution is -0.138. The Morgan fingerprint density at radius 1 is 0.786 bits per heavy atom. The lowest BCUT2D eigenvalue weighted by Gasteiger charge is -2.06. The molecule has 0 unspecified atom stereocenters. The van der Waals surface area contributed by atoms with E-state index in [1.54, 1.807) is 0 Å². The number of hydrogen-bond acceptors (Lipinski definition) is 4. The van der Waals surface area contributed by atoms with Crippen molar-refractivity contribution in [2.45, 2.75) is 96.8 Å². The molecule has 0 heterocycles. The molecule has 1 amide bonds. The highest BCUT2D eigenvalue weighted by Gasteiger charge is 2.02. The van der Waals surface area contributed by atoms with Crippen LogP contribution in [0.15, 0.2) is 12.2 Å². The highest BCUT2D eigenvalue weighted by atomic mass is 16.6. The van der Waals surface area contributed by atoms with Crippen LogP contribution in [0.5, 0.6) is 0 Å². The zero-order valence-corrected chi connectivity index (χ0v) is 17.8. The van der Waals surface area contributed by atoms with E-state index >= 15 is 0 Å². The van der Waals surface area contributed by atoms with Gasteiger partial charge in [0, 0.05) is 0 Å². The molecule has 0 saturated heterocycles. The van der Waals surface area contributed by atoms with Gasteiger partial charge in [-0.15, -0.1) is 0 Å². The molecular formula is C22H42N2O4. The molecule has 0 aromatic rings. The molecule has 6 heteroatoms. The molecule has 0 aromatic heterocycles. The first kappa shape index (κ1) is 26.6. The molecule has 0 aliphatic carbocycles. The van der Waals surface area contributed by atoms with E-state index in [1.807, 2.05) is 0 Å². The standard InChI is InChI=1S/C22H42N2O4/c1-2-3-4-5-6-7-8-9-10-11-12-13-14-15-16-17-18-28-24-19-21(25)23-20-22(26)27/h9-10,24H,2-8,11-20H2,1H3,(H,23,25)(H,26,27). The number of carbonyl (C=O) groups is 2. The fourth-order valence-electron chi connectivity index (χ4n) is 2.85. The quantitative estimate of drug-likeness (QED) is 0.148. The summed E-state index contributed by atoms with van der Waals surface area (Å²) in [5.74, 6) is -1.44. The van der Waals surface area contributed by atoms with Crippen molar-refractivity contribution in [2.24, 2.45) is 0 Å². The summed E-state index contributed by atoms with van der Waals surface area (Å²) >= 11 is 0. The Morgan fingerprint density at radius 3 is 1.89 bits per heavy atom. The van der Waals surface area contributed by atoms with E-state index in [-0.39, 0.29) is 19.0 Å². The molecule has 0 bridgehead atoms. The molecule has 0 radical (unpaired) electrons. The van der Waals surface area contributed by atoms with E-state index in [9.17, 15) is 9.59 Å². The van der Waals surface area contributed by atoms with Crippen LogP contribution < -0.4 is 10.8 Å². The van der Waals surface area contributed by atoms with Crippen LogP contribution in [0, 0.1) is 0 Å². The number of carboxylic acid groups (broad SMARTS) is 1. The van der Waals surface area contributed by atoms with Gasteiger partial charge in [0.2, 0.25) is 5.91 Å². The van der Waals surface area contributed by atoms with Crippen LogP contribution in [0.3, 0.4) is 0 Å². The predicted molar refractivity (Wildman–Crippen MR) is 114 cm³/mol. The average Bonchev–Trinajstić information content (AvgIpc) is 2.68. The third kappa shape index (κ3) is 22.6. The molecule has 164 valence electrons. The van der Waals surface area contributed by atoms with E-state index in [0.29, 0.717) is 6.61 Å². The Labute approximate surface area is 171 Å². The maximum Gasteiger partial charge on any atom is 0.322 e. The smallest absolute Gasteiger partial charge is 0.322 e. The monoisotopic (exact) mass is 398 g/mol. The summed E-state index contributed by atoms with van der Waals surface area (Å²) in [5, 5.41) is 10.7. The Bertz CT molecular complexity index is 400. The first-order valence-corrected chi connectivity index (χ1v) is 11.1. The number of hydroxylamine groups is 1. The highest BCUT2D eigenvalue weighted by molar-refractivity contribution is 5.82. The molecule has 0 aliphatic heterocycles. The number of amides is 1. The molecule has 0 spiro atoms. The Hall–Kier alpha value is -1.40. The number of nitrogens with one attached hydrogen (secondary N) is 2. The second kappa shape index (κ2) is 21.9. The number of carbonyl (C=O) groups excluding carboxylic acids is 1. The van der Waals surface area contributed by atoms with Gasteiger partial charge in [-0.3, -0.25) is 9.59 Å². The largest absolute Gasteiger partial charge is 0.480 e. The summed E-state index contributed by atoms with van der Waals surface area (Å²) < 4.78 is 0. The second-order valence-electron chi connectivity index (χ2n) is 7.28. The van der Waals surface area contributed by atoms with Gasteiger partial charge in [-0.2, -0.15) is 5.48 Å². The van der Waals surface area contributed by atoms with Crippen molar-refractivity contribution in [1.82, 2.24) is 10.8 Å². The molecule has 0 aromatic carbocycles. The molecule has 0 rings (SSSR count). The van der Waals surface area contributed by atoms with Crippen LogP contribution in [0.1, 0.15) is 96.8 Å². The van der Waals surface area contributed by atoms with E-state index in [4.69, 9.17) is 9.94 Å². The minimum atomic E-state index is -1.06. The first-order valence-electron chi connectivity index (χ1n) is 11.1. The van der Waals surface area contributed by atoms with Crippen LogP contribution in [-0.2, 0) is 14.4 Å². The number of rotatable bonds is 21. The summed E-state index contributed by atoms with van der Waals surface area (Å²) in [7, 11) is 0. The van der Waals surface area contributed by atoms with Gasteiger partial charge in [0.15, 0.2) is 0 Å². The molecule has 6 nitrogen and oxygen atoms in total.